The SMILES string of the molecule is C1=C2C=CC=CC=1N=CC=N2. The fourth-order valence-electron chi connectivity index (χ4n) is 0.886. The van der Waals surface area contributed by atoms with Crippen molar-refractivity contribution in [2.45, 2.75) is 0 Å². The number of nitrogens with zero attached hydrogens (tertiary/aromatic N) is 2. The van der Waals surface area contributed by atoms with Gasteiger partial charge in [-0.1, -0.05) is 17.9 Å². The van der Waals surface area contributed by atoms with Crippen molar-refractivity contribution in [1.29, 1.82) is 0 Å². The molecular weight excluding hydrogens is 136 g/mol. The zero-order chi connectivity index (χ0) is 7.52. The Bertz CT molecular complexity index is 288. The first-order valence-corrected chi connectivity index (χ1v) is 3.37. The molecule has 0 N–H and O–H groups in total. The van der Waals surface area contributed by atoms with Crippen LogP contribution < -0.4 is 0 Å². The first-order chi connectivity index (χ1) is 5.45. The van der Waals surface area contributed by atoms with Gasteiger partial charge in [0.2, 0.25) is 0 Å². The van der Waals surface area contributed by atoms with E-state index in [0.717, 1.165) is 11.4 Å². The van der Waals surface area contributed by atoms with Gasteiger partial charge in [0.1, 0.15) is 11.4 Å². The summed E-state index contributed by atoms with van der Waals surface area (Å²) in [7, 11) is 0. The Morgan fingerprint density at radius 2 is 1.45 bits per heavy atom. The number of hydrogen-bond donors (Lipinski definition) is 0. The maximum absolute atomic E-state index is 4.09. The standard InChI is InChI=1S/C9H6N2/c1-2-4-9-7-8(3-1)10-5-6-11-9/h1-6H. The van der Waals surface area contributed by atoms with Crippen LogP contribution in [0.2, 0.25) is 0 Å². The number of aliphatic imine (C=N–C) groups is 2. The van der Waals surface area contributed by atoms with Crippen molar-refractivity contribution in [3.8, 4) is 0 Å². The van der Waals surface area contributed by atoms with Crippen LogP contribution in [0.4, 0.5) is 0 Å². The lowest BCUT2D eigenvalue weighted by molar-refractivity contribution is 1.42. The average Bonchev–Trinajstić information content (AvgIpc) is 2.36. The molecule has 2 aliphatic rings. The Morgan fingerprint density at radius 3 is 2.00 bits per heavy atom. The van der Waals surface area contributed by atoms with Crippen LogP contribution in [-0.2, 0) is 0 Å². The first-order valence-electron chi connectivity index (χ1n) is 3.37. The minimum Gasteiger partial charge on any atom is -0.247 e. The van der Waals surface area contributed by atoms with Gasteiger partial charge in [0.15, 0.2) is 0 Å². The van der Waals surface area contributed by atoms with Crippen molar-refractivity contribution >= 4 is 12.4 Å². The maximum Gasteiger partial charge on any atom is 0.107 e. The summed E-state index contributed by atoms with van der Waals surface area (Å²) in [6.45, 7) is 0. The van der Waals surface area contributed by atoms with Crippen LogP contribution in [0, 0.1) is 0 Å². The maximum atomic E-state index is 4.09. The van der Waals surface area contributed by atoms with Crippen LogP contribution in [0.5, 0.6) is 0 Å². The highest BCUT2D eigenvalue weighted by atomic mass is 14.8. The van der Waals surface area contributed by atoms with E-state index in [4.69, 9.17) is 0 Å². The highest BCUT2D eigenvalue weighted by molar-refractivity contribution is 6.17. The summed E-state index contributed by atoms with van der Waals surface area (Å²) < 4.78 is 0. The molecule has 0 saturated carbocycles. The lowest BCUT2D eigenvalue weighted by Crippen LogP contribution is -1.75. The molecule has 1 aliphatic carbocycles. The van der Waals surface area contributed by atoms with Crippen molar-refractivity contribution < 1.29 is 0 Å². The largest absolute Gasteiger partial charge is 0.247 e. The second-order valence-corrected chi connectivity index (χ2v) is 2.17. The molecule has 2 rings (SSSR count). The Labute approximate surface area is 64.7 Å². The topological polar surface area (TPSA) is 24.7 Å². The van der Waals surface area contributed by atoms with Gasteiger partial charge in [-0.3, -0.25) is 0 Å². The van der Waals surface area contributed by atoms with Gasteiger partial charge in [0, 0.05) is 12.4 Å². The molecule has 1 heterocycles. The van der Waals surface area contributed by atoms with Gasteiger partial charge in [-0.15, -0.1) is 0 Å². The van der Waals surface area contributed by atoms with Crippen LogP contribution in [0.3, 0.4) is 0 Å². The summed E-state index contributed by atoms with van der Waals surface area (Å²) in [5, 5.41) is 0. The van der Waals surface area contributed by atoms with Crippen molar-refractivity contribution in [2.75, 3.05) is 0 Å². The Morgan fingerprint density at radius 1 is 0.909 bits per heavy atom. The van der Waals surface area contributed by atoms with Crippen molar-refractivity contribution in [3.63, 3.8) is 0 Å². The second-order valence-electron chi connectivity index (χ2n) is 2.17. The highest BCUT2D eigenvalue weighted by Crippen LogP contribution is 2.08. The van der Waals surface area contributed by atoms with Crippen LogP contribution in [0.25, 0.3) is 0 Å². The van der Waals surface area contributed by atoms with E-state index in [9.17, 15) is 0 Å². The lowest BCUT2D eigenvalue weighted by atomic mass is 10.4. The Kier molecular flexibility index (Phi) is 1.39. The quantitative estimate of drug-likeness (QED) is 0.459. The molecule has 0 aromatic rings. The minimum absolute atomic E-state index is 0.822. The minimum atomic E-state index is 0.822. The van der Waals surface area contributed by atoms with E-state index in [1.807, 2.05) is 24.3 Å². The third kappa shape index (κ3) is 1.26. The average molecular weight is 142 g/mol. The second kappa shape index (κ2) is 2.52. The van der Waals surface area contributed by atoms with Crippen LogP contribution in [0.1, 0.15) is 0 Å². The van der Waals surface area contributed by atoms with Gasteiger partial charge in [-0.2, -0.15) is 0 Å². The summed E-state index contributed by atoms with van der Waals surface area (Å²) in [4.78, 5) is 8.17. The molecule has 52 valence electrons. The molecule has 0 fully saturated rings. The van der Waals surface area contributed by atoms with E-state index in [0.29, 0.717) is 0 Å². The first kappa shape index (κ1) is 6.08. The molecule has 0 atom stereocenters. The summed E-state index contributed by atoms with van der Waals surface area (Å²) in [5.41, 5.74) is 4.69. The molecule has 2 heteroatoms. The molecule has 11 heavy (non-hydrogen) atoms. The van der Waals surface area contributed by atoms with Crippen molar-refractivity contribution in [2.24, 2.45) is 9.98 Å². The molecule has 0 amide bonds. The normalized spacial score (nSPS) is 18.9. The predicted molar refractivity (Wildman–Crippen MR) is 45.8 cm³/mol. The van der Waals surface area contributed by atoms with Gasteiger partial charge >= 0.3 is 0 Å². The molecule has 1 aliphatic heterocycles. The summed E-state index contributed by atoms with van der Waals surface area (Å²) in [5.74, 6) is 0. The molecule has 0 unspecified atom stereocenters. The van der Waals surface area contributed by atoms with Crippen LogP contribution in [0.15, 0.2) is 51.4 Å². The predicted octanol–water partition coefficient (Wildman–Crippen LogP) is 1.63. The molecule has 0 aromatic heterocycles. The molecule has 0 spiro atoms. The van der Waals surface area contributed by atoms with Gasteiger partial charge in [-0.05, 0) is 12.2 Å². The molecule has 0 radical (unpaired) electrons. The fourth-order valence-corrected chi connectivity index (χ4v) is 0.886. The molecule has 2 nitrogen and oxygen atoms in total. The van der Waals surface area contributed by atoms with Gasteiger partial charge in [-0.25, -0.2) is 9.98 Å². The Balaban J connectivity index is 2.58. The molecule has 2 bridgehead atoms. The third-order valence-corrected chi connectivity index (χ3v) is 1.37. The van der Waals surface area contributed by atoms with Crippen molar-refractivity contribution in [1.82, 2.24) is 0 Å². The number of allylic oxidation sites excluding steroid dienone is 3. The molecule has 0 aromatic carbocycles. The van der Waals surface area contributed by atoms with E-state index in [1.165, 1.54) is 0 Å². The van der Waals surface area contributed by atoms with E-state index < -0.39 is 0 Å². The van der Waals surface area contributed by atoms with E-state index in [1.54, 1.807) is 12.4 Å². The van der Waals surface area contributed by atoms with Crippen LogP contribution >= 0.6 is 0 Å². The molecule has 0 saturated heterocycles. The zero-order valence-electron chi connectivity index (χ0n) is 5.86. The lowest BCUT2D eigenvalue weighted by Gasteiger charge is -1.81. The zero-order valence-corrected chi connectivity index (χ0v) is 5.86. The van der Waals surface area contributed by atoms with E-state index in [-0.39, 0.29) is 0 Å². The Hall–Kier alpha value is -1.66. The third-order valence-electron chi connectivity index (χ3n) is 1.37. The van der Waals surface area contributed by atoms with E-state index >= 15 is 0 Å². The van der Waals surface area contributed by atoms with Gasteiger partial charge in [0.05, 0.1) is 0 Å². The van der Waals surface area contributed by atoms with Gasteiger partial charge < -0.3 is 0 Å². The van der Waals surface area contributed by atoms with Gasteiger partial charge in [0.25, 0.3) is 0 Å². The number of hydrogen-bond acceptors (Lipinski definition) is 2. The fraction of sp³-hybridized carbons (Fsp3) is 0. The van der Waals surface area contributed by atoms with E-state index in [2.05, 4.69) is 15.7 Å². The monoisotopic (exact) mass is 142 g/mol. The summed E-state index contributed by atoms with van der Waals surface area (Å²) in [6, 6.07) is 0. The molecular formula is C9H6N2. The van der Waals surface area contributed by atoms with Crippen molar-refractivity contribution in [3.05, 3.63) is 41.4 Å². The smallest absolute Gasteiger partial charge is 0.107 e. The summed E-state index contributed by atoms with van der Waals surface area (Å²) >= 11 is 0. The number of rotatable bonds is 0. The highest BCUT2D eigenvalue weighted by Gasteiger charge is 1.93. The van der Waals surface area contributed by atoms with Crippen LogP contribution in [-0.4, -0.2) is 12.4 Å². The summed E-state index contributed by atoms with van der Waals surface area (Å²) in [6.07, 6.45) is 11.0.